The summed E-state index contributed by atoms with van der Waals surface area (Å²) in [7, 11) is 0. The number of anilines is 1. The summed E-state index contributed by atoms with van der Waals surface area (Å²) in [6.45, 7) is 5.25. The molecule has 0 unspecified atom stereocenters. The van der Waals surface area contributed by atoms with Crippen molar-refractivity contribution in [2.75, 3.05) is 24.5 Å². The van der Waals surface area contributed by atoms with Crippen molar-refractivity contribution in [3.8, 4) is 11.1 Å². The molecule has 2 N–H and O–H groups in total. The van der Waals surface area contributed by atoms with E-state index in [9.17, 15) is 0 Å². The van der Waals surface area contributed by atoms with E-state index in [1.54, 1.807) is 0 Å². The standard InChI is InChI=1S/C18H22N2/c1-14-17(16-6-3-2-4-7-16)8-5-9-18(14)20-11-10-15(12-19)13-20/h2-9,15H,10-13,19H2,1H3/t15-/m1/s1. The fourth-order valence-corrected chi connectivity index (χ4v) is 3.14. The van der Waals surface area contributed by atoms with Crippen LogP contribution in [0.4, 0.5) is 5.69 Å². The SMILES string of the molecule is Cc1c(-c2ccccc2)cccc1N1CC[C@H](CN)C1. The maximum Gasteiger partial charge on any atom is 0.0402 e. The largest absolute Gasteiger partial charge is 0.371 e. The smallest absolute Gasteiger partial charge is 0.0402 e. The van der Waals surface area contributed by atoms with Crippen molar-refractivity contribution in [3.63, 3.8) is 0 Å². The number of benzene rings is 2. The van der Waals surface area contributed by atoms with Gasteiger partial charge in [-0.05, 0) is 48.6 Å². The average Bonchev–Trinajstić information content (AvgIpc) is 2.97. The van der Waals surface area contributed by atoms with Crippen molar-refractivity contribution in [2.45, 2.75) is 13.3 Å². The predicted octanol–water partition coefficient (Wildman–Crippen LogP) is 3.45. The first-order valence-electron chi connectivity index (χ1n) is 7.39. The van der Waals surface area contributed by atoms with E-state index >= 15 is 0 Å². The van der Waals surface area contributed by atoms with Crippen LogP contribution < -0.4 is 10.6 Å². The molecule has 0 saturated carbocycles. The van der Waals surface area contributed by atoms with Crippen LogP contribution in [0.1, 0.15) is 12.0 Å². The summed E-state index contributed by atoms with van der Waals surface area (Å²) >= 11 is 0. The normalized spacial score (nSPS) is 18.5. The van der Waals surface area contributed by atoms with E-state index in [1.807, 2.05) is 0 Å². The first kappa shape index (κ1) is 13.2. The molecule has 0 radical (unpaired) electrons. The highest BCUT2D eigenvalue weighted by molar-refractivity contribution is 5.74. The number of hydrogen-bond acceptors (Lipinski definition) is 2. The quantitative estimate of drug-likeness (QED) is 0.922. The van der Waals surface area contributed by atoms with E-state index in [1.165, 1.54) is 28.8 Å². The lowest BCUT2D eigenvalue weighted by Gasteiger charge is -2.22. The Labute approximate surface area is 121 Å². The minimum absolute atomic E-state index is 0.648. The molecule has 1 saturated heterocycles. The summed E-state index contributed by atoms with van der Waals surface area (Å²) in [4.78, 5) is 2.49. The van der Waals surface area contributed by atoms with Gasteiger partial charge in [0.1, 0.15) is 0 Å². The summed E-state index contributed by atoms with van der Waals surface area (Å²) in [5.74, 6) is 0.648. The molecular weight excluding hydrogens is 244 g/mol. The fourth-order valence-electron chi connectivity index (χ4n) is 3.14. The molecule has 1 atom stereocenters. The highest BCUT2D eigenvalue weighted by atomic mass is 15.2. The molecule has 1 heterocycles. The monoisotopic (exact) mass is 266 g/mol. The Morgan fingerprint density at radius 2 is 1.90 bits per heavy atom. The number of hydrogen-bond donors (Lipinski definition) is 1. The fraction of sp³-hybridized carbons (Fsp3) is 0.333. The Hall–Kier alpha value is -1.80. The zero-order valence-electron chi connectivity index (χ0n) is 12.0. The van der Waals surface area contributed by atoms with Gasteiger partial charge in [-0.15, -0.1) is 0 Å². The second-order valence-corrected chi connectivity index (χ2v) is 5.65. The van der Waals surface area contributed by atoms with Gasteiger partial charge in [0.15, 0.2) is 0 Å². The van der Waals surface area contributed by atoms with E-state index in [2.05, 4.69) is 60.4 Å². The summed E-state index contributed by atoms with van der Waals surface area (Å²) in [5.41, 5.74) is 11.2. The number of nitrogens with two attached hydrogens (primary N) is 1. The zero-order chi connectivity index (χ0) is 13.9. The summed E-state index contributed by atoms with van der Waals surface area (Å²) in [6, 6.07) is 17.2. The molecule has 2 aromatic rings. The Kier molecular flexibility index (Phi) is 3.75. The molecule has 20 heavy (non-hydrogen) atoms. The van der Waals surface area contributed by atoms with Gasteiger partial charge < -0.3 is 10.6 Å². The molecule has 1 fully saturated rings. The van der Waals surface area contributed by atoms with Crippen LogP contribution in [0.15, 0.2) is 48.5 Å². The van der Waals surface area contributed by atoms with Gasteiger partial charge in [-0.1, -0.05) is 42.5 Å². The lowest BCUT2D eigenvalue weighted by Crippen LogP contribution is -2.23. The van der Waals surface area contributed by atoms with Gasteiger partial charge in [0, 0.05) is 18.8 Å². The van der Waals surface area contributed by atoms with Crippen LogP contribution in [0.25, 0.3) is 11.1 Å². The zero-order valence-corrected chi connectivity index (χ0v) is 12.0. The van der Waals surface area contributed by atoms with Crippen molar-refractivity contribution in [2.24, 2.45) is 11.7 Å². The highest BCUT2D eigenvalue weighted by Crippen LogP contribution is 2.33. The second kappa shape index (κ2) is 5.68. The van der Waals surface area contributed by atoms with Crippen LogP contribution in [0, 0.1) is 12.8 Å². The van der Waals surface area contributed by atoms with Crippen LogP contribution in [0.2, 0.25) is 0 Å². The Morgan fingerprint density at radius 1 is 1.10 bits per heavy atom. The van der Waals surface area contributed by atoms with Gasteiger partial charge in [-0.3, -0.25) is 0 Å². The van der Waals surface area contributed by atoms with Gasteiger partial charge in [0.25, 0.3) is 0 Å². The molecular formula is C18H22N2. The molecule has 2 heteroatoms. The van der Waals surface area contributed by atoms with E-state index < -0.39 is 0 Å². The van der Waals surface area contributed by atoms with Crippen molar-refractivity contribution >= 4 is 5.69 Å². The molecule has 0 amide bonds. The van der Waals surface area contributed by atoms with Crippen LogP contribution in [-0.2, 0) is 0 Å². The molecule has 0 aromatic heterocycles. The average molecular weight is 266 g/mol. The van der Waals surface area contributed by atoms with Crippen molar-refractivity contribution in [1.29, 1.82) is 0 Å². The van der Waals surface area contributed by atoms with Crippen LogP contribution >= 0.6 is 0 Å². The molecule has 104 valence electrons. The minimum Gasteiger partial charge on any atom is -0.371 e. The summed E-state index contributed by atoms with van der Waals surface area (Å²) < 4.78 is 0. The van der Waals surface area contributed by atoms with E-state index in [4.69, 9.17) is 5.73 Å². The van der Waals surface area contributed by atoms with Crippen molar-refractivity contribution in [3.05, 3.63) is 54.1 Å². The van der Waals surface area contributed by atoms with Gasteiger partial charge in [0.05, 0.1) is 0 Å². The summed E-state index contributed by atoms with van der Waals surface area (Å²) in [6.07, 6.45) is 1.21. The minimum atomic E-state index is 0.648. The maximum atomic E-state index is 5.81. The molecule has 0 spiro atoms. The molecule has 3 rings (SSSR count). The van der Waals surface area contributed by atoms with Gasteiger partial charge >= 0.3 is 0 Å². The van der Waals surface area contributed by atoms with E-state index in [0.717, 1.165) is 19.6 Å². The van der Waals surface area contributed by atoms with Crippen LogP contribution in [-0.4, -0.2) is 19.6 Å². The topological polar surface area (TPSA) is 29.3 Å². The highest BCUT2D eigenvalue weighted by Gasteiger charge is 2.23. The third kappa shape index (κ3) is 2.44. The third-order valence-corrected chi connectivity index (χ3v) is 4.35. The molecule has 1 aliphatic heterocycles. The predicted molar refractivity (Wildman–Crippen MR) is 86.0 cm³/mol. The van der Waals surface area contributed by atoms with Crippen molar-refractivity contribution in [1.82, 2.24) is 0 Å². The van der Waals surface area contributed by atoms with E-state index in [-0.39, 0.29) is 0 Å². The van der Waals surface area contributed by atoms with Gasteiger partial charge in [-0.2, -0.15) is 0 Å². The maximum absolute atomic E-state index is 5.81. The molecule has 1 aliphatic rings. The van der Waals surface area contributed by atoms with Crippen molar-refractivity contribution < 1.29 is 0 Å². The van der Waals surface area contributed by atoms with Crippen LogP contribution in [0.3, 0.4) is 0 Å². The first-order chi connectivity index (χ1) is 9.79. The molecule has 0 aliphatic carbocycles. The second-order valence-electron chi connectivity index (χ2n) is 5.65. The van der Waals surface area contributed by atoms with Crippen LogP contribution in [0.5, 0.6) is 0 Å². The Morgan fingerprint density at radius 3 is 2.60 bits per heavy atom. The van der Waals surface area contributed by atoms with E-state index in [0.29, 0.717) is 5.92 Å². The lowest BCUT2D eigenvalue weighted by atomic mass is 9.99. The Balaban J connectivity index is 1.94. The summed E-state index contributed by atoms with van der Waals surface area (Å²) in [5, 5.41) is 0. The number of rotatable bonds is 3. The first-order valence-corrected chi connectivity index (χ1v) is 7.39. The van der Waals surface area contributed by atoms with Gasteiger partial charge in [-0.25, -0.2) is 0 Å². The molecule has 2 aromatic carbocycles. The molecule has 2 nitrogen and oxygen atoms in total. The number of nitrogens with zero attached hydrogens (tertiary/aromatic N) is 1. The molecule has 0 bridgehead atoms. The third-order valence-electron chi connectivity index (χ3n) is 4.35. The lowest BCUT2D eigenvalue weighted by molar-refractivity contribution is 0.602. The Bertz CT molecular complexity index is 577. The van der Waals surface area contributed by atoms with Gasteiger partial charge in [0.2, 0.25) is 0 Å².